The highest BCUT2D eigenvalue weighted by Gasteiger charge is 2.29. The highest BCUT2D eigenvalue weighted by atomic mass is 16.1. The maximum absolute atomic E-state index is 11.9. The molecule has 0 bridgehead atoms. The van der Waals surface area contributed by atoms with E-state index < -0.39 is 0 Å². The van der Waals surface area contributed by atoms with E-state index in [0.717, 1.165) is 12.1 Å². The van der Waals surface area contributed by atoms with E-state index in [4.69, 9.17) is 0 Å². The van der Waals surface area contributed by atoms with Crippen LogP contribution in [0.2, 0.25) is 0 Å². The minimum Gasteiger partial charge on any atom is -0.323 e. The summed E-state index contributed by atoms with van der Waals surface area (Å²) in [4.78, 5) is 16.1. The molecule has 0 radical (unpaired) electrons. The quantitative estimate of drug-likeness (QED) is 0.822. The monoisotopic (exact) mass is 240 g/mol. The van der Waals surface area contributed by atoms with Gasteiger partial charge >= 0.3 is 0 Å². The summed E-state index contributed by atoms with van der Waals surface area (Å²) in [5.74, 6) is 0.332. The highest BCUT2D eigenvalue weighted by Crippen LogP contribution is 2.40. The van der Waals surface area contributed by atoms with E-state index in [1.165, 1.54) is 11.1 Å². The third-order valence-corrected chi connectivity index (χ3v) is 3.55. The van der Waals surface area contributed by atoms with Crippen LogP contribution in [0.3, 0.4) is 0 Å². The SMILES string of the molecule is CCCC(=O)C[C@H]1c2ccccc2-c2cncn21. The first-order chi connectivity index (χ1) is 8.81. The Bertz CT molecular complexity index is 586. The van der Waals surface area contributed by atoms with Gasteiger partial charge in [0.25, 0.3) is 0 Å². The first-order valence-corrected chi connectivity index (χ1v) is 6.44. The first-order valence-electron chi connectivity index (χ1n) is 6.44. The molecule has 18 heavy (non-hydrogen) atoms. The summed E-state index contributed by atoms with van der Waals surface area (Å²) < 4.78 is 2.12. The molecule has 0 fully saturated rings. The van der Waals surface area contributed by atoms with Crippen molar-refractivity contribution >= 4 is 5.78 Å². The molecule has 0 amide bonds. The van der Waals surface area contributed by atoms with Crippen molar-refractivity contribution in [3.05, 3.63) is 42.4 Å². The van der Waals surface area contributed by atoms with Crippen molar-refractivity contribution in [2.45, 2.75) is 32.2 Å². The Morgan fingerprint density at radius 1 is 1.39 bits per heavy atom. The summed E-state index contributed by atoms with van der Waals surface area (Å²) in [6.07, 6.45) is 5.88. The van der Waals surface area contributed by atoms with Gasteiger partial charge in [0.2, 0.25) is 0 Å². The Morgan fingerprint density at radius 2 is 2.22 bits per heavy atom. The van der Waals surface area contributed by atoms with Gasteiger partial charge in [-0.3, -0.25) is 4.79 Å². The molecular weight excluding hydrogens is 224 g/mol. The Balaban J connectivity index is 1.98. The molecule has 2 heterocycles. The van der Waals surface area contributed by atoms with Gasteiger partial charge < -0.3 is 4.57 Å². The number of aromatic nitrogens is 2. The van der Waals surface area contributed by atoms with E-state index in [0.29, 0.717) is 18.6 Å². The fourth-order valence-electron chi connectivity index (χ4n) is 2.74. The normalized spacial score (nSPS) is 16.4. The molecule has 0 saturated carbocycles. The first kappa shape index (κ1) is 11.2. The minimum atomic E-state index is 0.137. The van der Waals surface area contributed by atoms with Crippen molar-refractivity contribution < 1.29 is 4.79 Å². The molecule has 0 saturated heterocycles. The lowest BCUT2D eigenvalue weighted by molar-refractivity contribution is -0.119. The van der Waals surface area contributed by atoms with Crippen LogP contribution in [0.15, 0.2) is 36.8 Å². The Labute approximate surface area is 106 Å². The fraction of sp³-hybridized carbons (Fsp3) is 0.333. The summed E-state index contributed by atoms with van der Waals surface area (Å²) in [5.41, 5.74) is 3.59. The van der Waals surface area contributed by atoms with Gasteiger partial charge in [-0.1, -0.05) is 31.2 Å². The molecule has 0 spiro atoms. The average Bonchev–Trinajstić information content (AvgIpc) is 2.93. The molecular formula is C15H16N2O. The van der Waals surface area contributed by atoms with Crippen LogP contribution in [-0.4, -0.2) is 15.3 Å². The van der Waals surface area contributed by atoms with E-state index >= 15 is 0 Å². The van der Waals surface area contributed by atoms with Crippen molar-refractivity contribution in [1.29, 1.82) is 0 Å². The highest BCUT2D eigenvalue weighted by molar-refractivity contribution is 5.81. The van der Waals surface area contributed by atoms with Gasteiger partial charge in [-0.25, -0.2) is 4.98 Å². The van der Waals surface area contributed by atoms with Gasteiger partial charge in [0.15, 0.2) is 0 Å². The van der Waals surface area contributed by atoms with E-state index in [-0.39, 0.29) is 6.04 Å². The zero-order valence-corrected chi connectivity index (χ0v) is 10.5. The van der Waals surface area contributed by atoms with Gasteiger partial charge in [-0.15, -0.1) is 0 Å². The number of rotatable bonds is 4. The van der Waals surface area contributed by atoms with Crippen molar-refractivity contribution in [3.63, 3.8) is 0 Å². The number of ketones is 1. The summed E-state index contributed by atoms with van der Waals surface area (Å²) in [7, 11) is 0. The third kappa shape index (κ3) is 1.67. The number of nitrogens with zero attached hydrogens (tertiary/aromatic N) is 2. The number of imidazole rings is 1. The molecule has 1 aromatic heterocycles. The van der Waals surface area contributed by atoms with Crippen molar-refractivity contribution in [1.82, 2.24) is 9.55 Å². The molecule has 1 aromatic carbocycles. The van der Waals surface area contributed by atoms with E-state index in [9.17, 15) is 4.79 Å². The molecule has 0 N–H and O–H groups in total. The molecule has 92 valence electrons. The summed E-state index contributed by atoms with van der Waals surface area (Å²) >= 11 is 0. The van der Waals surface area contributed by atoms with Gasteiger partial charge in [0.05, 0.1) is 24.3 Å². The van der Waals surface area contributed by atoms with Gasteiger partial charge in [-0.05, 0) is 12.0 Å². The molecule has 0 aliphatic carbocycles. The number of fused-ring (bicyclic) bond motifs is 3. The number of hydrogen-bond acceptors (Lipinski definition) is 2. The summed E-state index contributed by atoms with van der Waals surface area (Å²) in [6.45, 7) is 2.04. The van der Waals surface area contributed by atoms with Gasteiger partial charge in [0, 0.05) is 18.4 Å². The lowest BCUT2D eigenvalue weighted by Gasteiger charge is -2.13. The number of hydrogen-bond donors (Lipinski definition) is 0. The van der Waals surface area contributed by atoms with Crippen LogP contribution in [0.25, 0.3) is 11.3 Å². The van der Waals surface area contributed by atoms with Crippen LogP contribution in [-0.2, 0) is 4.79 Å². The third-order valence-electron chi connectivity index (χ3n) is 3.55. The lowest BCUT2D eigenvalue weighted by atomic mass is 9.98. The number of carbonyl (C=O) groups is 1. The maximum Gasteiger partial charge on any atom is 0.135 e. The van der Waals surface area contributed by atoms with Crippen molar-refractivity contribution in [3.8, 4) is 11.3 Å². The topological polar surface area (TPSA) is 34.9 Å². The zero-order chi connectivity index (χ0) is 12.5. The lowest BCUT2D eigenvalue weighted by Crippen LogP contribution is -2.11. The van der Waals surface area contributed by atoms with Crippen molar-refractivity contribution in [2.24, 2.45) is 0 Å². The maximum atomic E-state index is 11.9. The Kier molecular flexibility index (Phi) is 2.74. The molecule has 1 atom stereocenters. The second kappa shape index (κ2) is 4.41. The number of benzene rings is 1. The summed E-state index contributed by atoms with van der Waals surface area (Å²) in [6, 6.07) is 8.43. The molecule has 3 rings (SSSR count). The average molecular weight is 240 g/mol. The molecule has 3 heteroatoms. The number of Topliss-reactive ketones (excluding diaryl/α,β-unsaturated/α-hetero) is 1. The molecule has 1 aliphatic rings. The molecule has 3 nitrogen and oxygen atoms in total. The standard InChI is InChI=1S/C15H16N2O/c1-2-5-11(18)8-14-12-6-3-4-7-13(12)15-9-16-10-17(14)15/h3-4,6-7,9-10,14H,2,5,8H2,1H3/t14-/m0/s1. The van der Waals surface area contributed by atoms with Gasteiger partial charge in [0.1, 0.15) is 5.78 Å². The largest absolute Gasteiger partial charge is 0.323 e. The fourth-order valence-corrected chi connectivity index (χ4v) is 2.74. The zero-order valence-electron chi connectivity index (χ0n) is 10.5. The van der Waals surface area contributed by atoms with Crippen LogP contribution in [0.1, 0.15) is 37.8 Å². The molecule has 2 aromatic rings. The van der Waals surface area contributed by atoms with Gasteiger partial charge in [-0.2, -0.15) is 0 Å². The van der Waals surface area contributed by atoms with Crippen molar-refractivity contribution in [2.75, 3.05) is 0 Å². The predicted octanol–water partition coefficient (Wildman–Crippen LogP) is 3.21. The number of carbonyl (C=O) groups excluding carboxylic acids is 1. The van der Waals surface area contributed by atoms with Crippen LogP contribution < -0.4 is 0 Å². The molecule has 0 unspecified atom stereocenters. The Hall–Kier alpha value is -1.90. The van der Waals surface area contributed by atoms with Crippen LogP contribution >= 0.6 is 0 Å². The smallest absolute Gasteiger partial charge is 0.135 e. The second-order valence-corrected chi connectivity index (χ2v) is 4.78. The van der Waals surface area contributed by atoms with Crippen LogP contribution in [0.4, 0.5) is 0 Å². The Morgan fingerprint density at radius 3 is 3.06 bits per heavy atom. The van der Waals surface area contributed by atoms with E-state index in [1.807, 2.05) is 31.6 Å². The van der Waals surface area contributed by atoms with E-state index in [2.05, 4.69) is 21.7 Å². The molecule has 1 aliphatic heterocycles. The second-order valence-electron chi connectivity index (χ2n) is 4.78. The van der Waals surface area contributed by atoms with Crippen LogP contribution in [0, 0.1) is 0 Å². The van der Waals surface area contributed by atoms with Crippen LogP contribution in [0.5, 0.6) is 0 Å². The minimum absolute atomic E-state index is 0.137. The van der Waals surface area contributed by atoms with E-state index in [1.54, 1.807) is 0 Å². The summed E-state index contributed by atoms with van der Waals surface area (Å²) in [5, 5.41) is 0. The predicted molar refractivity (Wildman–Crippen MR) is 70.3 cm³/mol.